The quantitative estimate of drug-likeness (QED) is 0.494. The summed E-state index contributed by atoms with van der Waals surface area (Å²) in [7, 11) is 0. The summed E-state index contributed by atoms with van der Waals surface area (Å²) < 4.78 is 18.8. The van der Waals surface area contributed by atoms with Crippen LogP contribution in [0, 0.1) is 18.7 Å². The van der Waals surface area contributed by atoms with Crippen LogP contribution in [0.25, 0.3) is 22.4 Å². The summed E-state index contributed by atoms with van der Waals surface area (Å²) in [6, 6.07) is 14.2. The Balaban J connectivity index is 1.36. The van der Waals surface area contributed by atoms with E-state index < -0.39 is 0 Å². The average molecular weight is 445 g/mol. The molecule has 3 heterocycles. The van der Waals surface area contributed by atoms with Gasteiger partial charge in [-0.3, -0.25) is 4.79 Å². The molecule has 0 unspecified atom stereocenters. The molecule has 4 aromatic rings. The molecule has 8 heteroatoms. The number of anilines is 1. The normalized spacial score (nSPS) is 16.2. The van der Waals surface area contributed by atoms with Crippen molar-refractivity contribution < 1.29 is 13.7 Å². The number of nitrogens with one attached hydrogen (secondary N) is 1. The van der Waals surface area contributed by atoms with Gasteiger partial charge >= 0.3 is 0 Å². The van der Waals surface area contributed by atoms with E-state index in [1.165, 1.54) is 24.0 Å². The number of fused-ring (bicyclic) bond motifs is 1. The number of aryl methyl sites for hydroxylation is 1. The first kappa shape index (κ1) is 21.1. The number of halogens is 1. The maximum Gasteiger partial charge on any atom is 0.263 e. The molecule has 5 rings (SSSR count). The van der Waals surface area contributed by atoms with Crippen LogP contribution in [-0.2, 0) is 11.3 Å². The second kappa shape index (κ2) is 8.97. The van der Waals surface area contributed by atoms with Crippen molar-refractivity contribution in [2.75, 3.05) is 18.0 Å². The topological polar surface area (TPSA) is 84.2 Å². The summed E-state index contributed by atoms with van der Waals surface area (Å²) in [4.78, 5) is 23.7. The lowest BCUT2D eigenvalue weighted by Gasteiger charge is -2.33. The van der Waals surface area contributed by atoms with Gasteiger partial charge in [0.2, 0.25) is 5.91 Å². The highest BCUT2D eigenvalue weighted by atomic mass is 19.1. The van der Waals surface area contributed by atoms with Crippen molar-refractivity contribution >= 4 is 22.8 Å². The lowest BCUT2D eigenvalue weighted by molar-refractivity contribution is -0.125. The molecule has 1 N–H and O–H groups in total. The molecule has 1 fully saturated rings. The van der Waals surface area contributed by atoms with Gasteiger partial charge in [0.15, 0.2) is 0 Å². The van der Waals surface area contributed by atoms with Gasteiger partial charge in [-0.15, -0.1) is 0 Å². The molecule has 0 aliphatic carbocycles. The SMILES string of the molecule is Cc1ccc(CNC(=O)[C@H]2CCCN(c3ncnc4onc(-c5ccc(F)cc5)c34)C2)cc1. The highest BCUT2D eigenvalue weighted by Gasteiger charge is 2.29. The van der Waals surface area contributed by atoms with Gasteiger partial charge in [-0.1, -0.05) is 35.0 Å². The van der Waals surface area contributed by atoms with Crippen LogP contribution < -0.4 is 10.2 Å². The molecule has 1 saturated heterocycles. The van der Waals surface area contributed by atoms with Gasteiger partial charge in [-0.25, -0.2) is 9.37 Å². The van der Waals surface area contributed by atoms with E-state index in [4.69, 9.17) is 4.52 Å². The van der Waals surface area contributed by atoms with Crippen LogP contribution in [0.2, 0.25) is 0 Å². The number of amides is 1. The molecule has 2 aromatic carbocycles. The van der Waals surface area contributed by atoms with Crippen molar-refractivity contribution in [3.05, 3.63) is 71.8 Å². The number of rotatable bonds is 5. The van der Waals surface area contributed by atoms with E-state index in [2.05, 4.69) is 25.3 Å². The Morgan fingerprint density at radius 2 is 1.94 bits per heavy atom. The second-order valence-electron chi connectivity index (χ2n) is 8.40. The van der Waals surface area contributed by atoms with Crippen molar-refractivity contribution in [1.29, 1.82) is 0 Å². The van der Waals surface area contributed by atoms with Crippen LogP contribution >= 0.6 is 0 Å². The zero-order chi connectivity index (χ0) is 22.8. The molecule has 0 radical (unpaired) electrons. The van der Waals surface area contributed by atoms with Crippen molar-refractivity contribution in [3.63, 3.8) is 0 Å². The molecule has 2 aromatic heterocycles. The standard InChI is InChI=1S/C25H24FN5O2/c1-16-4-6-17(7-5-16)13-27-24(32)19-3-2-12-31(14-19)23-21-22(18-8-10-20(26)11-9-18)30-33-25(21)29-15-28-23/h4-11,15,19H,2-3,12-14H2,1H3,(H,27,32)/t19-/m0/s1. The third-order valence-corrected chi connectivity index (χ3v) is 6.05. The summed E-state index contributed by atoms with van der Waals surface area (Å²) in [6.07, 6.45) is 3.13. The number of piperidine rings is 1. The fraction of sp³-hybridized carbons (Fsp3) is 0.280. The molecular formula is C25H24FN5O2. The third-order valence-electron chi connectivity index (χ3n) is 6.05. The molecule has 0 spiro atoms. The Morgan fingerprint density at radius 1 is 1.15 bits per heavy atom. The molecule has 0 bridgehead atoms. The van der Waals surface area contributed by atoms with E-state index in [9.17, 15) is 9.18 Å². The van der Waals surface area contributed by atoms with E-state index in [0.717, 1.165) is 30.5 Å². The summed E-state index contributed by atoms with van der Waals surface area (Å²) in [5, 5.41) is 7.91. The predicted molar refractivity (Wildman–Crippen MR) is 123 cm³/mol. The summed E-state index contributed by atoms with van der Waals surface area (Å²) in [5.74, 6) is 0.244. The number of hydrogen-bond donors (Lipinski definition) is 1. The lowest BCUT2D eigenvalue weighted by Crippen LogP contribution is -2.43. The van der Waals surface area contributed by atoms with E-state index >= 15 is 0 Å². The van der Waals surface area contributed by atoms with Crippen LogP contribution in [0.1, 0.15) is 24.0 Å². The molecule has 0 saturated carbocycles. The van der Waals surface area contributed by atoms with Gasteiger partial charge in [0, 0.05) is 25.2 Å². The van der Waals surface area contributed by atoms with Gasteiger partial charge in [0.25, 0.3) is 5.71 Å². The Kier molecular flexibility index (Phi) is 5.73. The maximum atomic E-state index is 13.4. The number of carbonyl (C=O) groups is 1. The van der Waals surface area contributed by atoms with E-state index in [1.807, 2.05) is 31.2 Å². The number of hydrogen-bond acceptors (Lipinski definition) is 6. The first-order valence-corrected chi connectivity index (χ1v) is 11.0. The van der Waals surface area contributed by atoms with Gasteiger partial charge < -0.3 is 14.7 Å². The summed E-state index contributed by atoms with van der Waals surface area (Å²) in [6.45, 7) is 3.86. The summed E-state index contributed by atoms with van der Waals surface area (Å²) >= 11 is 0. The molecule has 1 atom stereocenters. The minimum Gasteiger partial charge on any atom is -0.355 e. The van der Waals surface area contributed by atoms with Crippen LogP contribution in [0.15, 0.2) is 59.4 Å². The number of carbonyl (C=O) groups excluding carboxylic acids is 1. The number of benzene rings is 2. The smallest absolute Gasteiger partial charge is 0.263 e. The second-order valence-corrected chi connectivity index (χ2v) is 8.40. The Hall–Kier alpha value is -3.81. The Labute approximate surface area is 190 Å². The Morgan fingerprint density at radius 3 is 2.73 bits per heavy atom. The van der Waals surface area contributed by atoms with Crippen molar-refractivity contribution in [1.82, 2.24) is 20.4 Å². The molecule has 33 heavy (non-hydrogen) atoms. The molecule has 1 amide bonds. The van der Waals surface area contributed by atoms with Gasteiger partial charge in [0.1, 0.15) is 29.0 Å². The molecule has 7 nitrogen and oxygen atoms in total. The largest absolute Gasteiger partial charge is 0.355 e. The Bertz CT molecular complexity index is 1270. The molecular weight excluding hydrogens is 421 g/mol. The molecule has 1 aliphatic rings. The fourth-order valence-electron chi connectivity index (χ4n) is 4.24. The van der Waals surface area contributed by atoms with E-state index in [1.54, 1.807) is 12.1 Å². The third kappa shape index (κ3) is 4.41. The summed E-state index contributed by atoms with van der Waals surface area (Å²) in [5.41, 5.74) is 3.91. The zero-order valence-electron chi connectivity index (χ0n) is 18.3. The minimum absolute atomic E-state index is 0.0367. The minimum atomic E-state index is -0.321. The van der Waals surface area contributed by atoms with E-state index in [-0.39, 0.29) is 17.6 Å². The number of aromatic nitrogens is 3. The molecule has 168 valence electrons. The van der Waals surface area contributed by atoms with Gasteiger partial charge in [0.05, 0.1) is 5.92 Å². The van der Waals surface area contributed by atoms with Crippen molar-refractivity contribution in [2.24, 2.45) is 5.92 Å². The highest BCUT2D eigenvalue weighted by molar-refractivity contribution is 5.98. The predicted octanol–water partition coefficient (Wildman–Crippen LogP) is 4.27. The van der Waals surface area contributed by atoms with Crippen LogP contribution in [0.3, 0.4) is 0 Å². The van der Waals surface area contributed by atoms with Crippen molar-refractivity contribution in [2.45, 2.75) is 26.3 Å². The first-order valence-electron chi connectivity index (χ1n) is 11.0. The number of nitrogens with zero attached hydrogens (tertiary/aromatic N) is 4. The van der Waals surface area contributed by atoms with Gasteiger partial charge in [-0.2, -0.15) is 4.98 Å². The monoisotopic (exact) mass is 445 g/mol. The van der Waals surface area contributed by atoms with Crippen LogP contribution in [0.4, 0.5) is 10.2 Å². The highest BCUT2D eigenvalue weighted by Crippen LogP contribution is 2.34. The van der Waals surface area contributed by atoms with Crippen molar-refractivity contribution in [3.8, 4) is 11.3 Å². The van der Waals surface area contributed by atoms with Crippen LogP contribution in [-0.4, -0.2) is 34.1 Å². The van der Waals surface area contributed by atoms with Crippen LogP contribution in [0.5, 0.6) is 0 Å². The fourth-order valence-corrected chi connectivity index (χ4v) is 4.24. The van der Waals surface area contributed by atoms with Gasteiger partial charge in [-0.05, 0) is 49.6 Å². The van der Waals surface area contributed by atoms with E-state index in [0.29, 0.717) is 35.7 Å². The lowest BCUT2D eigenvalue weighted by atomic mass is 9.96. The molecule has 1 aliphatic heterocycles. The first-order chi connectivity index (χ1) is 16.1. The average Bonchev–Trinajstić information content (AvgIpc) is 3.28. The zero-order valence-corrected chi connectivity index (χ0v) is 18.3. The maximum absolute atomic E-state index is 13.4.